The highest BCUT2D eigenvalue weighted by molar-refractivity contribution is 7.99. The lowest BCUT2D eigenvalue weighted by Crippen LogP contribution is -2.40. The average Bonchev–Trinajstić information content (AvgIpc) is 3.33. The summed E-state index contributed by atoms with van der Waals surface area (Å²) in [7, 11) is 1.65. The molecule has 1 saturated heterocycles. The number of H-pyrrole nitrogens is 2. The molecule has 1 aliphatic rings. The quantitative estimate of drug-likeness (QED) is 0.450. The molecule has 9 nitrogen and oxygen atoms in total. The molecule has 0 spiro atoms. The maximum atomic E-state index is 12.8. The number of aromatic nitrogens is 6. The Labute approximate surface area is 188 Å². The summed E-state index contributed by atoms with van der Waals surface area (Å²) in [5.41, 5.74) is 1.97. The Hall–Kier alpha value is -3.01. The van der Waals surface area contributed by atoms with Gasteiger partial charge >= 0.3 is 5.69 Å². The number of aromatic amines is 2. The molecule has 1 aromatic carbocycles. The zero-order chi connectivity index (χ0) is 22.4. The number of rotatable bonds is 5. The number of benzene rings is 1. The summed E-state index contributed by atoms with van der Waals surface area (Å²) in [4.78, 5) is 42.4. The number of anilines is 1. The Kier molecular flexibility index (Phi) is 5.32. The Morgan fingerprint density at radius 2 is 1.84 bits per heavy atom. The van der Waals surface area contributed by atoms with Crippen molar-refractivity contribution in [3.05, 3.63) is 45.1 Å². The Morgan fingerprint density at radius 3 is 2.59 bits per heavy atom. The number of imidazole rings is 2. The minimum Gasteiger partial charge on any atom is -0.342 e. The van der Waals surface area contributed by atoms with E-state index in [9.17, 15) is 9.59 Å². The number of piperidine rings is 1. The van der Waals surface area contributed by atoms with Crippen molar-refractivity contribution in [2.24, 2.45) is 18.9 Å². The van der Waals surface area contributed by atoms with Gasteiger partial charge in [0.05, 0.1) is 11.0 Å². The van der Waals surface area contributed by atoms with E-state index in [1.165, 1.54) is 11.0 Å². The fraction of sp³-hybridized carbons (Fsp3) is 0.455. The fourth-order valence-corrected chi connectivity index (χ4v) is 5.55. The van der Waals surface area contributed by atoms with E-state index < -0.39 is 11.2 Å². The SMILES string of the molecule is C[C@H]1C[C@H](C)CN(c2nc3c(c(=O)[nH]c(=O)n3C)n2CCSc2nc3ccccc3[nH]2)C1. The van der Waals surface area contributed by atoms with E-state index in [2.05, 4.69) is 33.7 Å². The number of nitrogens with one attached hydrogen (secondary N) is 2. The number of nitrogens with zero attached hydrogens (tertiary/aromatic N) is 5. The van der Waals surface area contributed by atoms with Crippen LogP contribution in [0.25, 0.3) is 22.2 Å². The zero-order valence-corrected chi connectivity index (χ0v) is 19.3. The maximum Gasteiger partial charge on any atom is 0.329 e. The second-order valence-corrected chi connectivity index (χ2v) is 9.90. The van der Waals surface area contributed by atoms with E-state index in [0.29, 0.717) is 35.3 Å². The van der Waals surface area contributed by atoms with Crippen LogP contribution in [0.15, 0.2) is 39.0 Å². The molecule has 4 heterocycles. The third-order valence-corrected chi connectivity index (χ3v) is 6.91. The number of para-hydroxylation sites is 2. The molecule has 1 fully saturated rings. The molecule has 2 N–H and O–H groups in total. The van der Waals surface area contributed by atoms with Gasteiger partial charge in [-0.1, -0.05) is 37.7 Å². The van der Waals surface area contributed by atoms with E-state index in [1.807, 2.05) is 28.8 Å². The van der Waals surface area contributed by atoms with E-state index in [4.69, 9.17) is 4.98 Å². The lowest BCUT2D eigenvalue weighted by atomic mass is 9.92. The van der Waals surface area contributed by atoms with Gasteiger partial charge in [-0.05, 0) is 30.4 Å². The Balaban J connectivity index is 1.50. The summed E-state index contributed by atoms with van der Waals surface area (Å²) < 4.78 is 3.38. The molecule has 168 valence electrons. The van der Waals surface area contributed by atoms with Crippen LogP contribution in [0.2, 0.25) is 0 Å². The highest BCUT2D eigenvalue weighted by Gasteiger charge is 2.27. The monoisotopic (exact) mass is 453 g/mol. The third kappa shape index (κ3) is 3.72. The van der Waals surface area contributed by atoms with Crippen molar-refractivity contribution < 1.29 is 0 Å². The van der Waals surface area contributed by atoms with Crippen LogP contribution in [0.4, 0.5) is 5.95 Å². The predicted octanol–water partition coefficient (Wildman–Crippen LogP) is 2.57. The summed E-state index contributed by atoms with van der Waals surface area (Å²) in [5, 5.41) is 0.846. The minimum atomic E-state index is -0.448. The van der Waals surface area contributed by atoms with Gasteiger partial charge in [0.2, 0.25) is 5.95 Å². The molecule has 0 saturated carbocycles. The summed E-state index contributed by atoms with van der Waals surface area (Å²) in [6.45, 7) is 6.84. The number of fused-ring (bicyclic) bond motifs is 2. The van der Waals surface area contributed by atoms with Crippen LogP contribution >= 0.6 is 11.8 Å². The van der Waals surface area contributed by atoms with Crippen LogP contribution < -0.4 is 16.1 Å². The summed E-state index contributed by atoms with van der Waals surface area (Å²) >= 11 is 1.61. The van der Waals surface area contributed by atoms with E-state index in [1.54, 1.807) is 18.8 Å². The van der Waals surface area contributed by atoms with Gasteiger partial charge in [-0.2, -0.15) is 4.98 Å². The van der Waals surface area contributed by atoms with Crippen molar-refractivity contribution in [1.29, 1.82) is 0 Å². The lowest BCUT2D eigenvalue weighted by Gasteiger charge is -2.35. The van der Waals surface area contributed by atoms with Gasteiger partial charge in [-0.25, -0.2) is 9.78 Å². The number of thioether (sulfide) groups is 1. The highest BCUT2D eigenvalue weighted by Crippen LogP contribution is 2.28. The van der Waals surface area contributed by atoms with Crippen LogP contribution in [-0.2, 0) is 13.6 Å². The second-order valence-electron chi connectivity index (χ2n) is 8.81. The molecular formula is C22H27N7O2S. The zero-order valence-electron chi connectivity index (χ0n) is 18.5. The number of aryl methyl sites for hydroxylation is 2. The minimum absolute atomic E-state index is 0.395. The second kappa shape index (κ2) is 8.16. The summed E-state index contributed by atoms with van der Waals surface area (Å²) in [6, 6.07) is 7.94. The van der Waals surface area contributed by atoms with Crippen molar-refractivity contribution in [2.45, 2.75) is 32.0 Å². The molecule has 0 radical (unpaired) electrons. The lowest BCUT2D eigenvalue weighted by molar-refractivity contribution is 0.352. The van der Waals surface area contributed by atoms with Gasteiger partial charge in [0.15, 0.2) is 16.3 Å². The first-order valence-corrected chi connectivity index (χ1v) is 11.9. The Bertz CT molecular complexity index is 1360. The standard InChI is InChI=1S/C22H27N7O2S/c1-13-10-14(2)12-28(11-13)21-25-18-17(19(30)26-22(31)27(18)3)29(21)8-9-32-20-23-15-6-4-5-7-16(15)24-20/h4-7,13-14H,8-12H2,1-3H3,(H,23,24)(H,26,30,31)/t13-,14-/m0/s1. The molecule has 0 unspecified atom stereocenters. The van der Waals surface area contributed by atoms with Gasteiger partial charge in [0.25, 0.3) is 5.56 Å². The van der Waals surface area contributed by atoms with Crippen molar-refractivity contribution in [1.82, 2.24) is 29.1 Å². The van der Waals surface area contributed by atoms with Crippen LogP contribution in [0.3, 0.4) is 0 Å². The molecule has 32 heavy (non-hydrogen) atoms. The molecule has 2 atom stereocenters. The molecule has 5 rings (SSSR count). The number of hydrogen-bond donors (Lipinski definition) is 2. The molecule has 10 heteroatoms. The number of hydrogen-bond acceptors (Lipinski definition) is 6. The first-order chi connectivity index (χ1) is 15.4. The Morgan fingerprint density at radius 1 is 1.09 bits per heavy atom. The molecular weight excluding hydrogens is 426 g/mol. The van der Waals surface area contributed by atoms with Crippen LogP contribution in [0, 0.1) is 11.8 Å². The predicted molar refractivity (Wildman–Crippen MR) is 128 cm³/mol. The summed E-state index contributed by atoms with van der Waals surface area (Å²) in [6.07, 6.45) is 1.18. The van der Waals surface area contributed by atoms with Gasteiger partial charge in [-0.15, -0.1) is 0 Å². The fourth-order valence-electron chi connectivity index (χ4n) is 4.73. The highest BCUT2D eigenvalue weighted by atomic mass is 32.2. The first-order valence-electron chi connectivity index (χ1n) is 10.9. The first kappa shape index (κ1) is 20.9. The third-order valence-electron chi connectivity index (χ3n) is 6.06. The largest absolute Gasteiger partial charge is 0.342 e. The van der Waals surface area contributed by atoms with Crippen molar-refractivity contribution >= 4 is 39.9 Å². The molecule has 4 aromatic rings. The van der Waals surface area contributed by atoms with Crippen LogP contribution in [0.1, 0.15) is 20.3 Å². The maximum absolute atomic E-state index is 12.8. The summed E-state index contributed by atoms with van der Waals surface area (Å²) in [5.74, 6) is 2.55. The average molecular weight is 454 g/mol. The molecule has 0 amide bonds. The van der Waals surface area contributed by atoms with Crippen molar-refractivity contribution in [3.63, 3.8) is 0 Å². The van der Waals surface area contributed by atoms with Gasteiger partial charge in [0.1, 0.15) is 0 Å². The molecule has 0 aliphatic carbocycles. The van der Waals surface area contributed by atoms with Crippen molar-refractivity contribution in [3.8, 4) is 0 Å². The van der Waals surface area contributed by atoms with Gasteiger partial charge < -0.3 is 14.5 Å². The van der Waals surface area contributed by atoms with Gasteiger partial charge in [0, 0.05) is 32.4 Å². The normalized spacial score (nSPS) is 19.3. The van der Waals surface area contributed by atoms with Gasteiger partial charge in [-0.3, -0.25) is 14.3 Å². The van der Waals surface area contributed by atoms with Crippen molar-refractivity contribution in [2.75, 3.05) is 23.7 Å². The molecule has 0 bridgehead atoms. The van der Waals surface area contributed by atoms with E-state index in [0.717, 1.165) is 35.2 Å². The molecule has 3 aromatic heterocycles. The molecule has 1 aliphatic heterocycles. The van der Waals surface area contributed by atoms with Crippen LogP contribution in [0.5, 0.6) is 0 Å². The van der Waals surface area contributed by atoms with E-state index in [-0.39, 0.29) is 0 Å². The van der Waals surface area contributed by atoms with Crippen LogP contribution in [-0.4, -0.2) is 47.9 Å². The topological polar surface area (TPSA) is 105 Å². The van der Waals surface area contributed by atoms with E-state index >= 15 is 0 Å². The smallest absolute Gasteiger partial charge is 0.329 e.